The molecule has 1 heterocycles. The van der Waals surface area contributed by atoms with Crippen LogP contribution in [0, 0.1) is 0 Å². The molecule has 0 saturated carbocycles. The number of carbonyl (C=O) groups excluding carboxylic acids is 1. The minimum Gasteiger partial charge on any atom is -0.355 e. The molecule has 0 aliphatic rings. The van der Waals surface area contributed by atoms with Gasteiger partial charge in [0.1, 0.15) is 0 Å². The Morgan fingerprint density at radius 1 is 1.38 bits per heavy atom. The minimum atomic E-state index is -0.376. The Labute approximate surface area is 125 Å². The highest BCUT2D eigenvalue weighted by atomic mass is 16.2. The van der Waals surface area contributed by atoms with Gasteiger partial charge >= 0.3 is 0 Å². The summed E-state index contributed by atoms with van der Waals surface area (Å²) in [5.74, 6) is -0.0426. The number of hydrogen-bond donors (Lipinski definition) is 2. The van der Waals surface area contributed by atoms with Crippen LogP contribution in [0.2, 0.25) is 0 Å². The topological polar surface area (TPSA) is 72.9 Å². The third-order valence-corrected chi connectivity index (χ3v) is 3.61. The van der Waals surface area contributed by atoms with Gasteiger partial charge < -0.3 is 15.6 Å². The Kier molecular flexibility index (Phi) is 5.75. The zero-order valence-electron chi connectivity index (χ0n) is 12.6. The average Bonchev–Trinajstić information content (AvgIpc) is 2.92. The van der Waals surface area contributed by atoms with Gasteiger partial charge in [0.05, 0.1) is 23.4 Å². The molecular formula is C16H24N4O. The Morgan fingerprint density at radius 2 is 2.19 bits per heavy atom. The van der Waals surface area contributed by atoms with Crippen molar-refractivity contribution < 1.29 is 4.79 Å². The van der Waals surface area contributed by atoms with E-state index >= 15 is 0 Å². The fourth-order valence-electron chi connectivity index (χ4n) is 2.34. The minimum absolute atomic E-state index is 0.0426. The molecular weight excluding hydrogens is 264 g/mol. The van der Waals surface area contributed by atoms with Crippen molar-refractivity contribution in [2.75, 3.05) is 6.54 Å². The van der Waals surface area contributed by atoms with Gasteiger partial charge in [-0.1, -0.05) is 31.9 Å². The number of unbranched alkanes of at least 4 members (excludes halogenated alkanes) is 1. The second-order valence-corrected chi connectivity index (χ2v) is 5.32. The van der Waals surface area contributed by atoms with Gasteiger partial charge in [-0.05, 0) is 25.0 Å². The number of nitrogens with zero attached hydrogens (tertiary/aromatic N) is 2. The van der Waals surface area contributed by atoms with Crippen LogP contribution in [0.4, 0.5) is 0 Å². The maximum atomic E-state index is 11.8. The van der Waals surface area contributed by atoms with Crippen molar-refractivity contribution in [3.63, 3.8) is 0 Å². The number of carbonyl (C=O) groups is 1. The van der Waals surface area contributed by atoms with Crippen molar-refractivity contribution in [3.05, 3.63) is 30.6 Å². The number of imidazole rings is 1. The van der Waals surface area contributed by atoms with Crippen molar-refractivity contribution in [2.45, 2.75) is 45.2 Å². The standard InChI is InChI=1S/C16H24N4O/c1-2-3-7-13(17)16(21)18-10-6-11-20-12-19-14-8-4-5-9-15(14)20/h4-5,8-9,12-13H,2-3,6-7,10-11,17H2,1H3,(H,18,21)/t13-/m0/s1. The summed E-state index contributed by atoms with van der Waals surface area (Å²) in [6.45, 7) is 3.58. The van der Waals surface area contributed by atoms with Crippen molar-refractivity contribution >= 4 is 16.9 Å². The first-order valence-corrected chi connectivity index (χ1v) is 7.65. The molecule has 0 spiro atoms. The van der Waals surface area contributed by atoms with Gasteiger partial charge in [0.25, 0.3) is 0 Å². The van der Waals surface area contributed by atoms with Gasteiger partial charge in [-0.25, -0.2) is 4.98 Å². The van der Waals surface area contributed by atoms with Crippen LogP contribution >= 0.6 is 0 Å². The van der Waals surface area contributed by atoms with E-state index in [1.165, 1.54) is 0 Å². The maximum Gasteiger partial charge on any atom is 0.236 e. The van der Waals surface area contributed by atoms with Crippen molar-refractivity contribution in [1.29, 1.82) is 0 Å². The first-order valence-electron chi connectivity index (χ1n) is 7.65. The molecule has 0 saturated heterocycles. The fourth-order valence-corrected chi connectivity index (χ4v) is 2.34. The number of hydrogen-bond acceptors (Lipinski definition) is 3. The summed E-state index contributed by atoms with van der Waals surface area (Å²) in [4.78, 5) is 16.1. The van der Waals surface area contributed by atoms with Crippen LogP contribution in [-0.4, -0.2) is 28.0 Å². The zero-order valence-corrected chi connectivity index (χ0v) is 12.6. The van der Waals surface area contributed by atoms with E-state index in [-0.39, 0.29) is 11.9 Å². The normalized spacial score (nSPS) is 12.5. The number of aryl methyl sites for hydroxylation is 1. The van der Waals surface area contributed by atoms with Gasteiger partial charge in [-0.2, -0.15) is 0 Å². The van der Waals surface area contributed by atoms with Gasteiger partial charge in [0, 0.05) is 13.1 Å². The van der Waals surface area contributed by atoms with E-state index in [2.05, 4.69) is 27.9 Å². The van der Waals surface area contributed by atoms with E-state index in [0.717, 1.165) is 43.3 Å². The van der Waals surface area contributed by atoms with Gasteiger partial charge in [-0.3, -0.25) is 4.79 Å². The molecule has 5 nitrogen and oxygen atoms in total. The molecule has 0 fully saturated rings. The van der Waals surface area contributed by atoms with Crippen LogP contribution in [0.5, 0.6) is 0 Å². The number of rotatable bonds is 8. The summed E-state index contributed by atoms with van der Waals surface area (Å²) in [6.07, 6.45) is 5.53. The summed E-state index contributed by atoms with van der Waals surface area (Å²) < 4.78 is 2.11. The van der Waals surface area contributed by atoms with E-state index in [4.69, 9.17) is 5.73 Å². The molecule has 2 aromatic rings. The molecule has 1 aromatic carbocycles. The third kappa shape index (κ3) is 4.29. The quantitative estimate of drug-likeness (QED) is 0.730. The molecule has 1 aromatic heterocycles. The van der Waals surface area contributed by atoms with Crippen LogP contribution in [-0.2, 0) is 11.3 Å². The summed E-state index contributed by atoms with van der Waals surface area (Å²) in [7, 11) is 0. The van der Waals surface area contributed by atoms with Gasteiger partial charge in [0.2, 0.25) is 5.91 Å². The molecule has 3 N–H and O–H groups in total. The molecule has 0 radical (unpaired) electrons. The van der Waals surface area contributed by atoms with E-state index in [0.29, 0.717) is 6.54 Å². The number of amides is 1. The lowest BCUT2D eigenvalue weighted by atomic mass is 10.1. The largest absolute Gasteiger partial charge is 0.355 e. The lowest BCUT2D eigenvalue weighted by Crippen LogP contribution is -2.41. The SMILES string of the molecule is CCCC[C@H](N)C(=O)NCCCn1cnc2ccccc21. The zero-order chi connectivity index (χ0) is 15.1. The highest BCUT2D eigenvalue weighted by Crippen LogP contribution is 2.11. The number of nitrogens with one attached hydrogen (secondary N) is 1. The first-order chi connectivity index (χ1) is 10.2. The van der Waals surface area contributed by atoms with E-state index in [9.17, 15) is 4.79 Å². The number of para-hydroxylation sites is 2. The summed E-state index contributed by atoms with van der Waals surface area (Å²) in [5, 5.41) is 2.90. The Hall–Kier alpha value is -1.88. The van der Waals surface area contributed by atoms with E-state index in [1.54, 1.807) is 0 Å². The summed E-state index contributed by atoms with van der Waals surface area (Å²) in [5.41, 5.74) is 7.96. The lowest BCUT2D eigenvalue weighted by Gasteiger charge is -2.12. The average molecular weight is 288 g/mol. The van der Waals surface area contributed by atoms with Gasteiger partial charge in [-0.15, -0.1) is 0 Å². The van der Waals surface area contributed by atoms with Crippen LogP contribution < -0.4 is 11.1 Å². The van der Waals surface area contributed by atoms with Crippen LogP contribution in [0.3, 0.4) is 0 Å². The monoisotopic (exact) mass is 288 g/mol. The lowest BCUT2D eigenvalue weighted by molar-refractivity contribution is -0.122. The maximum absolute atomic E-state index is 11.8. The number of fused-ring (bicyclic) bond motifs is 1. The molecule has 0 aliphatic carbocycles. The molecule has 0 bridgehead atoms. The molecule has 1 amide bonds. The first kappa shape index (κ1) is 15.5. The molecule has 21 heavy (non-hydrogen) atoms. The Balaban J connectivity index is 1.73. The predicted octanol–water partition coefficient (Wildman–Crippen LogP) is 2.06. The van der Waals surface area contributed by atoms with Crippen LogP contribution in [0.25, 0.3) is 11.0 Å². The fraction of sp³-hybridized carbons (Fsp3) is 0.500. The van der Waals surface area contributed by atoms with Gasteiger partial charge in [0.15, 0.2) is 0 Å². The summed E-state index contributed by atoms with van der Waals surface area (Å²) >= 11 is 0. The van der Waals surface area contributed by atoms with Crippen molar-refractivity contribution in [1.82, 2.24) is 14.9 Å². The van der Waals surface area contributed by atoms with Crippen molar-refractivity contribution in [3.8, 4) is 0 Å². The Morgan fingerprint density at radius 3 is 3.00 bits per heavy atom. The highest BCUT2D eigenvalue weighted by Gasteiger charge is 2.11. The van der Waals surface area contributed by atoms with Crippen LogP contribution in [0.15, 0.2) is 30.6 Å². The summed E-state index contributed by atoms with van der Waals surface area (Å²) in [6, 6.07) is 7.67. The predicted molar refractivity (Wildman–Crippen MR) is 84.9 cm³/mol. The number of benzene rings is 1. The number of nitrogens with two attached hydrogens (primary N) is 1. The number of aromatic nitrogens is 2. The molecule has 1 atom stereocenters. The third-order valence-electron chi connectivity index (χ3n) is 3.61. The second kappa shape index (κ2) is 7.78. The molecule has 2 rings (SSSR count). The highest BCUT2D eigenvalue weighted by molar-refractivity contribution is 5.81. The second-order valence-electron chi connectivity index (χ2n) is 5.32. The molecule has 5 heteroatoms. The Bertz CT molecular complexity index is 578. The van der Waals surface area contributed by atoms with Crippen LogP contribution in [0.1, 0.15) is 32.6 Å². The smallest absolute Gasteiger partial charge is 0.236 e. The van der Waals surface area contributed by atoms with E-state index < -0.39 is 0 Å². The van der Waals surface area contributed by atoms with Crippen molar-refractivity contribution in [2.24, 2.45) is 5.73 Å². The molecule has 0 aliphatic heterocycles. The molecule has 0 unspecified atom stereocenters. The molecule has 114 valence electrons. The van der Waals surface area contributed by atoms with E-state index in [1.807, 2.05) is 24.5 Å².